The first kappa shape index (κ1) is 25.4. The lowest BCUT2D eigenvalue weighted by Gasteiger charge is -2.12. The van der Waals surface area contributed by atoms with E-state index in [1.54, 1.807) is 19.1 Å². The van der Waals surface area contributed by atoms with E-state index in [0.29, 0.717) is 33.4 Å². The average molecular weight is 508 g/mol. The van der Waals surface area contributed by atoms with Gasteiger partial charge in [0.25, 0.3) is 5.22 Å². The Hall–Kier alpha value is -3.25. The molecule has 12 heteroatoms. The van der Waals surface area contributed by atoms with Crippen LogP contribution >= 0.6 is 23.1 Å². The number of ether oxygens (including phenoxy) is 4. The van der Waals surface area contributed by atoms with Crippen LogP contribution in [0.5, 0.6) is 17.2 Å². The van der Waals surface area contributed by atoms with Gasteiger partial charge in [-0.05, 0) is 38.5 Å². The molecule has 0 saturated heterocycles. The van der Waals surface area contributed by atoms with Crippen LogP contribution in [0.3, 0.4) is 0 Å². The van der Waals surface area contributed by atoms with Crippen LogP contribution in [0.1, 0.15) is 27.7 Å². The van der Waals surface area contributed by atoms with Crippen LogP contribution < -0.4 is 19.5 Å². The summed E-state index contributed by atoms with van der Waals surface area (Å²) in [5.74, 6) is 0.806. The number of anilines is 1. The molecular formula is C22H25N3O7S2. The molecule has 0 aliphatic rings. The largest absolute Gasteiger partial charge is 0.493 e. The Balaban J connectivity index is 1.70. The van der Waals surface area contributed by atoms with Crippen LogP contribution in [0.4, 0.5) is 5.00 Å². The Labute approximate surface area is 204 Å². The van der Waals surface area contributed by atoms with Crippen molar-refractivity contribution in [2.75, 3.05) is 39.0 Å². The summed E-state index contributed by atoms with van der Waals surface area (Å²) < 4.78 is 26.8. The van der Waals surface area contributed by atoms with Gasteiger partial charge in [0.05, 0.1) is 39.3 Å². The number of carbonyl (C=O) groups excluding carboxylic acids is 2. The quantitative estimate of drug-likeness (QED) is 0.313. The average Bonchev–Trinajstić information content (AvgIpc) is 3.41. The number of esters is 1. The standard InChI is InChI=1S/C22H25N3O7S2/c1-7-31-21(27)17-11(2)12(3)34-20(17)23-16(26)10-33-22-25-24-19(32-22)13-8-14(28-4)18(30-6)15(9-13)29-5/h8-9H,7,10H2,1-6H3,(H,23,26). The number of methoxy groups -OCH3 is 3. The van der Waals surface area contributed by atoms with Crippen molar-refractivity contribution in [2.24, 2.45) is 0 Å². The number of thioether (sulfide) groups is 1. The van der Waals surface area contributed by atoms with E-state index in [2.05, 4.69) is 15.5 Å². The van der Waals surface area contributed by atoms with Crippen molar-refractivity contribution in [1.29, 1.82) is 0 Å². The summed E-state index contributed by atoms with van der Waals surface area (Å²) in [4.78, 5) is 25.8. The van der Waals surface area contributed by atoms with Crippen molar-refractivity contribution in [2.45, 2.75) is 26.0 Å². The minimum Gasteiger partial charge on any atom is -0.493 e. The first-order chi connectivity index (χ1) is 16.3. The molecule has 1 aromatic carbocycles. The molecule has 10 nitrogen and oxygen atoms in total. The van der Waals surface area contributed by atoms with E-state index in [0.717, 1.165) is 22.2 Å². The van der Waals surface area contributed by atoms with Crippen molar-refractivity contribution in [3.63, 3.8) is 0 Å². The number of aryl methyl sites for hydroxylation is 1. The van der Waals surface area contributed by atoms with E-state index in [1.807, 2.05) is 13.8 Å². The number of nitrogens with one attached hydrogen (secondary N) is 1. The molecule has 34 heavy (non-hydrogen) atoms. The van der Waals surface area contributed by atoms with Gasteiger partial charge in [-0.3, -0.25) is 4.79 Å². The van der Waals surface area contributed by atoms with Gasteiger partial charge in [0.1, 0.15) is 5.00 Å². The van der Waals surface area contributed by atoms with Crippen molar-refractivity contribution in [3.8, 4) is 28.7 Å². The number of aromatic nitrogens is 2. The number of amides is 1. The number of rotatable bonds is 10. The predicted molar refractivity (Wildman–Crippen MR) is 128 cm³/mol. The van der Waals surface area contributed by atoms with Crippen LogP contribution in [0.2, 0.25) is 0 Å². The van der Waals surface area contributed by atoms with Crippen LogP contribution in [-0.2, 0) is 9.53 Å². The topological polar surface area (TPSA) is 122 Å². The van der Waals surface area contributed by atoms with Crippen LogP contribution in [0, 0.1) is 13.8 Å². The Bertz CT molecular complexity index is 1160. The van der Waals surface area contributed by atoms with E-state index in [-0.39, 0.29) is 29.4 Å². The second-order valence-electron chi connectivity index (χ2n) is 6.83. The molecule has 3 rings (SSSR count). The third-order valence-electron chi connectivity index (χ3n) is 4.76. The summed E-state index contributed by atoms with van der Waals surface area (Å²) in [5.41, 5.74) is 1.74. The lowest BCUT2D eigenvalue weighted by molar-refractivity contribution is -0.113. The molecule has 1 amide bonds. The minimum absolute atomic E-state index is 0.00908. The molecule has 3 aromatic rings. The maximum absolute atomic E-state index is 12.5. The van der Waals surface area contributed by atoms with Gasteiger partial charge in [-0.2, -0.15) is 0 Å². The molecule has 1 N–H and O–H groups in total. The highest BCUT2D eigenvalue weighted by molar-refractivity contribution is 7.99. The predicted octanol–water partition coefficient (Wildman–Crippen LogP) is 4.35. The fourth-order valence-corrected chi connectivity index (χ4v) is 4.67. The number of benzene rings is 1. The van der Waals surface area contributed by atoms with E-state index in [9.17, 15) is 9.59 Å². The summed E-state index contributed by atoms with van der Waals surface area (Å²) in [6, 6.07) is 3.38. The molecule has 182 valence electrons. The zero-order valence-electron chi connectivity index (χ0n) is 19.6. The molecule has 0 unspecified atom stereocenters. The fourth-order valence-electron chi connectivity index (χ4n) is 3.04. The number of thiophene rings is 1. The Morgan fingerprint density at radius 1 is 1.09 bits per heavy atom. The van der Waals surface area contributed by atoms with Crippen LogP contribution in [-0.4, -0.2) is 55.8 Å². The van der Waals surface area contributed by atoms with Crippen LogP contribution in [0.25, 0.3) is 11.5 Å². The van der Waals surface area contributed by atoms with Crippen molar-refractivity contribution in [1.82, 2.24) is 10.2 Å². The van der Waals surface area contributed by atoms with Gasteiger partial charge < -0.3 is 28.7 Å². The smallest absolute Gasteiger partial charge is 0.341 e. The van der Waals surface area contributed by atoms with Gasteiger partial charge in [-0.1, -0.05) is 11.8 Å². The molecule has 2 heterocycles. The highest BCUT2D eigenvalue weighted by Crippen LogP contribution is 2.41. The molecule has 2 aromatic heterocycles. The Morgan fingerprint density at radius 2 is 1.76 bits per heavy atom. The maximum atomic E-state index is 12.5. The third kappa shape index (κ3) is 5.45. The molecular weight excluding hydrogens is 482 g/mol. The van der Waals surface area contributed by atoms with Gasteiger partial charge in [-0.15, -0.1) is 21.5 Å². The molecule has 0 fully saturated rings. The van der Waals surface area contributed by atoms with Crippen molar-refractivity contribution < 1.29 is 33.0 Å². The van der Waals surface area contributed by atoms with Gasteiger partial charge in [0.2, 0.25) is 17.5 Å². The summed E-state index contributed by atoms with van der Waals surface area (Å²) in [6.07, 6.45) is 0. The van der Waals surface area contributed by atoms with E-state index < -0.39 is 5.97 Å². The fraction of sp³-hybridized carbons (Fsp3) is 0.364. The summed E-state index contributed by atoms with van der Waals surface area (Å²) in [7, 11) is 4.54. The molecule has 0 saturated carbocycles. The highest BCUT2D eigenvalue weighted by atomic mass is 32.2. The normalized spacial score (nSPS) is 10.6. The number of nitrogens with zero attached hydrogens (tertiary/aromatic N) is 2. The molecule has 0 spiro atoms. The first-order valence-electron chi connectivity index (χ1n) is 10.2. The van der Waals surface area contributed by atoms with E-state index in [1.165, 1.54) is 32.7 Å². The van der Waals surface area contributed by atoms with Gasteiger partial charge in [0.15, 0.2) is 11.5 Å². The third-order valence-corrected chi connectivity index (χ3v) is 6.70. The molecule has 0 aliphatic carbocycles. The number of hydrogen-bond donors (Lipinski definition) is 1. The van der Waals surface area contributed by atoms with Gasteiger partial charge >= 0.3 is 5.97 Å². The lowest BCUT2D eigenvalue weighted by Crippen LogP contribution is -2.16. The van der Waals surface area contributed by atoms with E-state index in [4.69, 9.17) is 23.4 Å². The number of hydrogen-bond acceptors (Lipinski definition) is 11. The molecule has 0 aliphatic heterocycles. The summed E-state index contributed by atoms with van der Waals surface area (Å²) in [6.45, 7) is 5.70. The maximum Gasteiger partial charge on any atom is 0.341 e. The lowest BCUT2D eigenvalue weighted by atomic mass is 10.1. The molecule has 0 atom stereocenters. The highest BCUT2D eigenvalue weighted by Gasteiger charge is 2.23. The SMILES string of the molecule is CCOC(=O)c1c(NC(=O)CSc2nnc(-c3cc(OC)c(OC)c(OC)c3)o2)sc(C)c1C. The number of carbonyl (C=O) groups is 2. The monoisotopic (exact) mass is 507 g/mol. The summed E-state index contributed by atoms with van der Waals surface area (Å²) in [5, 5.41) is 11.5. The zero-order valence-corrected chi connectivity index (χ0v) is 21.3. The van der Waals surface area contributed by atoms with Crippen molar-refractivity contribution in [3.05, 3.63) is 28.1 Å². The zero-order chi connectivity index (χ0) is 24.8. The van der Waals surface area contributed by atoms with E-state index >= 15 is 0 Å². The van der Waals surface area contributed by atoms with Crippen LogP contribution in [0.15, 0.2) is 21.8 Å². The summed E-state index contributed by atoms with van der Waals surface area (Å²) >= 11 is 2.40. The van der Waals surface area contributed by atoms with Gasteiger partial charge in [0, 0.05) is 10.4 Å². The first-order valence-corrected chi connectivity index (χ1v) is 12.0. The minimum atomic E-state index is -0.459. The van der Waals surface area contributed by atoms with Gasteiger partial charge in [-0.25, -0.2) is 4.79 Å². The Morgan fingerprint density at radius 3 is 2.35 bits per heavy atom. The second kappa shape index (κ2) is 11.3. The second-order valence-corrected chi connectivity index (χ2v) is 8.98. The van der Waals surface area contributed by atoms with Crippen molar-refractivity contribution >= 4 is 40.0 Å². The Kier molecular flexibility index (Phi) is 8.40. The molecule has 0 radical (unpaired) electrons. The molecule has 0 bridgehead atoms.